The molecule has 1 nitrogen and oxygen atoms in total. The fraction of sp³-hybridized carbons (Fsp3) is 0.588. The lowest BCUT2D eigenvalue weighted by atomic mass is 9.74. The second-order valence-corrected chi connectivity index (χ2v) is 23.3. The summed E-state index contributed by atoms with van der Waals surface area (Å²) in [5.41, 5.74) is 0.583. The van der Waals surface area contributed by atoms with Gasteiger partial charge < -0.3 is 4.43 Å². The van der Waals surface area contributed by atoms with E-state index in [1.807, 2.05) is 19.2 Å². The van der Waals surface area contributed by atoms with E-state index in [9.17, 15) is 8.78 Å². The summed E-state index contributed by atoms with van der Waals surface area (Å²) < 4.78 is 35.7. The minimum Gasteiger partial charge on any atom is -0.540 e. The highest BCUT2D eigenvalue weighted by atomic mass is 28.4. The lowest BCUT2D eigenvalue weighted by Gasteiger charge is -2.43. The highest BCUT2D eigenvalue weighted by molar-refractivity contribution is 6.92. The van der Waals surface area contributed by atoms with Gasteiger partial charge in [-0.3, -0.25) is 0 Å². The summed E-state index contributed by atoms with van der Waals surface area (Å²) in [5.74, 6) is 0.813. The largest absolute Gasteiger partial charge is 0.540 e. The Morgan fingerprint density at radius 2 is 1.46 bits per heavy atom. The number of hydrogen-bond acceptors (Lipinski definition) is 1. The summed E-state index contributed by atoms with van der Waals surface area (Å²) in [7, 11) is -3.66. The van der Waals surface area contributed by atoms with Gasteiger partial charge in [-0.1, -0.05) is 113 Å². The molecule has 0 atom stereocenters. The van der Waals surface area contributed by atoms with E-state index >= 15 is 0 Å². The van der Waals surface area contributed by atoms with Crippen LogP contribution < -0.4 is 9.61 Å². The third-order valence-corrected chi connectivity index (χ3v) is 20.2. The molecular weight excluding hydrogens is 519 g/mol. The number of halogens is 2. The molecular formula is C34H50F2OSi2. The second kappa shape index (κ2) is 12.4. The Morgan fingerprint density at radius 1 is 0.897 bits per heavy atom. The monoisotopic (exact) mass is 568 g/mol. The quantitative estimate of drug-likeness (QED) is 0.288. The SMILES string of the molecule is CCC[Si]1(c2ccccc2)CCC(C2CCC(C=Cc3cc(F)c(O[Si](C)(C)C(C)(C)C)c(F)c3)CC2)CC1. The Hall–Kier alpha value is -1.73. The number of hydrogen-bond donors (Lipinski definition) is 0. The van der Waals surface area contributed by atoms with Crippen LogP contribution in [0.5, 0.6) is 5.75 Å². The molecule has 2 aromatic rings. The molecule has 1 aliphatic heterocycles. The van der Waals surface area contributed by atoms with Crippen LogP contribution in [-0.4, -0.2) is 16.4 Å². The van der Waals surface area contributed by atoms with Crippen molar-refractivity contribution in [3.8, 4) is 5.75 Å². The van der Waals surface area contributed by atoms with E-state index in [0.717, 1.165) is 11.8 Å². The predicted octanol–water partition coefficient (Wildman–Crippen LogP) is 10.3. The summed E-state index contributed by atoms with van der Waals surface area (Å²) in [6, 6.07) is 18.7. The van der Waals surface area contributed by atoms with E-state index in [-0.39, 0.29) is 10.8 Å². The highest BCUT2D eigenvalue weighted by Gasteiger charge is 2.41. The van der Waals surface area contributed by atoms with Crippen LogP contribution in [0, 0.1) is 29.4 Å². The molecule has 1 saturated heterocycles. The number of benzene rings is 2. The van der Waals surface area contributed by atoms with E-state index in [2.05, 4.69) is 64.1 Å². The van der Waals surface area contributed by atoms with Gasteiger partial charge >= 0.3 is 0 Å². The van der Waals surface area contributed by atoms with Crippen molar-refractivity contribution in [3.05, 3.63) is 65.7 Å². The zero-order chi connectivity index (χ0) is 28.3. The Balaban J connectivity index is 1.31. The molecule has 2 aliphatic rings. The summed E-state index contributed by atoms with van der Waals surface area (Å²) in [5, 5.41) is 1.57. The van der Waals surface area contributed by atoms with E-state index in [0.29, 0.717) is 11.5 Å². The van der Waals surface area contributed by atoms with Crippen LogP contribution in [0.3, 0.4) is 0 Å². The molecule has 214 valence electrons. The summed E-state index contributed by atoms with van der Waals surface area (Å²) >= 11 is 0. The van der Waals surface area contributed by atoms with Gasteiger partial charge in [0.15, 0.2) is 17.4 Å². The van der Waals surface area contributed by atoms with Crippen molar-refractivity contribution < 1.29 is 13.2 Å². The average molecular weight is 569 g/mol. The minimum atomic E-state index is -2.32. The van der Waals surface area contributed by atoms with Crippen LogP contribution in [0.15, 0.2) is 48.5 Å². The van der Waals surface area contributed by atoms with Gasteiger partial charge in [0.2, 0.25) is 0 Å². The Bertz CT molecular complexity index is 1080. The van der Waals surface area contributed by atoms with Gasteiger partial charge in [0.25, 0.3) is 8.32 Å². The molecule has 1 saturated carbocycles. The Labute approximate surface area is 238 Å². The van der Waals surface area contributed by atoms with Gasteiger partial charge in [-0.15, -0.1) is 0 Å². The van der Waals surface area contributed by atoms with Crippen molar-refractivity contribution in [2.24, 2.45) is 17.8 Å². The first-order chi connectivity index (χ1) is 18.4. The average Bonchev–Trinajstić information content (AvgIpc) is 2.90. The molecule has 1 aliphatic carbocycles. The Morgan fingerprint density at radius 3 is 2.00 bits per heavy atom. The third-order valence-electron chi connectivity index (χ3n) is 10.3. The molecule has 5 heteroatoms. The van der Waals surface area contributed by atoms with Gasteiger partial charge in [-0.05, 0) is 79.3 Å². The maximum absolute atomic E-state index is 14.9. The third kappa shape index (κ3) is 7.14. The topological polar surface area (TPSA) is 9.23 Å². The van der Waals surface area contributed by atoms with Crippen molar-refractivity contribution in [1.82, 2.24) is 0 Å². The van der Waals surface area contributed by atoms with Crippen LogP contribution in [0.25, 0.3) is 6.08 Å². The van der Waals surface area contributed by atoms with Crippen molar-refractivity contribution >= 4 is 27.7 Å². The van der Waals surface area contributed by atoms with Crippen molar-refractivity contribution in [3.63, 3.8) is 0 Å². The second-order valence-electron chi connectivity index (χ2n) is 13.9. The first kappa shape index (κ1) is 30.2. The first-order valence-corrected chi connectivity index (χ1v) is 20.9. The molecule has 0 unspecified atom stereocenters. The van der Waals surface area contributed by atoms with Crippen molar-refractivity contribution in [2.75, 3.05) is 0 Å². The highest BCUT2D eigenvalue weighted by Crippen LogP contribution is 2.44. The van der Waals surface area contributed by atoms with E-state index in [1.165, 1.54) is 75.2 Å². The van der Waals surface area contributed by atoms with Gasteiger partial charge in [0.05, 0.1) is 8.07 Å². The summed E-state index contributed by atoms with van der Waals surface area (Å²) in [4.78, 5) is 0. The van der Waals surface area contributed by atoms with E-state index in [1.54, 1.807) is 5.19 Å². The molecule has 0 spiro atoms. The predicted molar refractivity (Wildman–Crippen MR) is 168 cm³/mol. The van der Waals surface area contributed by atoms with Crippen LogP contribution >= 0.6 is 0 Å². The molecule has 4 rings (SSSR count). The van der Waals surface area contributed by atoms with Gasteiger partial charge in [0.1, 0.15) is 0 Å². The summed E-state index contributed by atoms with van der Waals surface area (Å²) in [6.45, 7) is 12.6. The Kier molecular flexibility index (Phi) is 9.63. The molecule has 0 bridgehead atoms. The number of rotatable bonds is 8. The van der Waals surface area contributed by atoms with Crippen LogP contribution in [0.4, 0.5) is 8.78 Å². The first-order valence-electron chi connectivity index (χ1n) is 15.4. The lowest BCUT2D eigenvalue weighted by molar-refractivity contribution is 0.208. The molecule has 2 fully saturated rings. The van der Waals surface area contributed by atoms with Crippen molar-refractivity contribution in [1.29, 1.82) is 0 Å². The van der Waals surface area contributed by atoms with Gasteiger partial charge in [0, 0.05) is 0 Å². The van der Waals surface area contributed by atoms with Gasteiger partial charge in [-0.25, -0.2) is 8.78 Å². The molecule has 0 radical (unpaired) electrons. The van der Waals surface area contributed by atoms with Crippen LogP contribution in [0.2, 0.25) is 36.3 Å². The fourth-order valence-corrected chi connectivity index (χ4v) is 13.2. The zero-order valence-electron chi connectivity index (χ0n) is 25.2. The minimum absolute atomic E-state index is 0.122. The molecule has 0 aromatic heterocycles. The smallest absolute Gasteiger partial charge is 0.250 e. The van der Waals surface area contributed by atoms with E-state index < -0.39 is 28.0 Å². The van der Waals surface area contributed by atoms with Gasteiger partial charge in [-0.2, -0.15) is 0 Å². The zero-order valence-corrected chi connectivity index (χ0v) is 27.2. The molecule has 2 aromatic carbocycles. The molecule has 0 N–H and O–H groups in total. The normalized spacial score (nSPS) is 26.6. The van der Waals surface area contributed by atoms with Crippen LogP contribution in [0.1, 0.15) is 78.2 Å². The molecule has 1 heterocycles. The maximum atomic E-state index is 14.9. The van der Waals surface area contributed by atoms with Crippen LogP contribution in [-0.2, 0) is 0 Å². The lowest BCUT2D eigenvalue weighted by Crippen LogP contribution is -2.50. The van der Waals surface area contributed by atoms with Crippen molar-refractivity contribution in [2.45, 2.75) is 109 Å². The maximum Gasteiger partial charge on any atom is 0.250 e. The molecule has 0 amide bonds. The van der Waals surface area contributed by atoms with E-state index in [4.69, 9.17) is 4.43 Å². The summed E-state index contributed by atoms with van der Waals surface area (Å²) in [6.07, 6.45) is 13.2. The molecule has 39 heavy (non-hydrogen) atoms. The fourth-order valence-electron chi connectivity index (χ4n) is 6.85. The number of allylic oxidation sites excluding steroid dienone is 1. The standard InChI is InChI=1S/C34H50F2OSi2/c1-7-21-39(30-11-9-8-10-12-30)22-19-29(20-23-39)28-17-15-26(16-18-28)13-14-27-24-31(35)33(32(36)25-27)37-38(5,6)34(2,3)4/h8-14,24-26,28-29H,7,15-23H2,1-6H3.